The zero-order valence-electron chi connectivity index (χ0n) is 19.8. The number of nitrogens with one attached hydrogen (secondary N) is 2. The number of piperazine rings is 1. The molecule has 0 amide bonds. The van der Waals surface area contributed by atoms with Crippen LogP contribution in [0.1, 0.15) is 0 Å². The third-order valence-corrected chi connectivity index (χ3v) is 6.31. The third kappa shape index (κ3) is 5.10. The molecule has 35 heavy (non-hydrogen) atoms. The molecule has 1 fully saturated rings. The van der Waals surface area contributed by atoms with E-state index in [0.717, 1.165) is 48.5 Å². The van der Waals surface area contributed by atoms with Crippen LogP contribution in [0.15, 0.2) is 79.5 Å². The summed E-state index contributed by atoms with van der Waals surface area (Å²) in [5.41, 5.74) is 4.85. The first-order chi connectivity index (χ1) is 17.1. The van der Waals surface area contributed by atoms with Gasteiger partial charge in [-0.25, -0.2) is 14.4 Å². The molecular formula is C28H29FN6. The molecule has 6 nitrogen and oxygen atoms in total. The van der Waals surface area contributed by atoms with Crippen LogP contribution in [-0.4, -0.2) is 54.6 Å². The molecule has 0 spiro atoms. The van der Waals surface area contributed by atoms with Gasteiger partial charge in [-0.2, -0.15) is 0 Å². The summed E-state index contributed by atoms with van der Waals surface area (Å²) in [4.78, 5) is 14.0. The minimum absolute atomic E-state index is 0.297. The largest absolute Gasteiger partial charge is 0.382 e. The molecule has 5 rings (SSSR count). The predicted octanol–water partition coefficient (Wildman–Crippen LogP) is 5.53. The summed E-state index contributed by atoms with van der Waals surface area (Å²) >= 11 is 0. The van der Waals surface area contributed by atoms with E-state index in [1.807, 2.05) is 30.3 Å². The van der Waals surface area contributed by atoms with Crippen LogP contribution < -0.4 is 15.5 Å². The Kier molecular flexibility index (Phi) is 6.59. The molecule has 0 unspecified atom stereocenters. The Hall–Kier alpha value is -3.97. The fraction of sp³-hybridized carbons (Fsp3) is 0.214. The van der Waals surface area contributed by atoms with Crippen molar-refractivity contribution in [1.82, 2.24) is 14.9 Å². The summed E-state index contributed by atoms with van der Waals surface area (Å²) in [6.45, 7) is 8.53. The molecule has 178 valence electrons. The molecule has 2 N–H and O–H groups in total. The zero-order chi connectivity index (χ0) is 24.2. The summed E-state index contributed by atoms with van der Waals surface area (Å²) in [6.07, 6.45) is 3.54. The van der Waals surface area contributed by atoms with Crippen molar-refractivity contribution < 1.29 is 4.39 Å². The molecule has 1 aliphatic heterocycles. The molecule has 4 aromatic rings. The molecule has 3 aromatic carbocycles. The van der Waals surface area contributed by atoms with E-state index in [1.165, 1.54) is 11.8 Å². The van der Waals surface area contributed by atoms with Crippen LogP contribution in [0.4, 0.5) is 27.4 Å². The Balaban J connectivity index is 1.41. The van der Waals surface area contributed by atoms with Crippen LogP contribution >= 0.6 is 0 Å². The summed E-state index contributed by atoms with van der Waals surface area (Å²) in [5, 5.41) is 7.37. The normalized spacial score (nSPS) is 14.2. The average molecular weight is 469 g/mol. The number of rotatable bonds is 7. The number of hydrogen-bond acceptors (Lipinski definition) is 6. The average Bonchev–Trinajstić information content (AvgIpc) is 2.89. The number of anilines is 4. The highest BCUT2D eigenvalue weighted by Gasteiger charge is 2.15. The van der Waals surface area contributed by atoms with E-state index >= 15 is 0 Å². The molecule has 2 heterocycles. The van der Waals surface area contributed by atoms with Gasteiger partial charge in [0.2, 0.25) is 5.95 Å². The lowest BCUT2D eigenvalue weighted by atomic mass is 10.0. The van der Waals surface area contributed by atoms with Gasteiger partial charge in [-0.05, 0) is 49.5 Å². The topological polar surface area (TPSA) is 56.3 Å². The van der Waals surface area contributed by atoms with E-state index in [9.17, 15) is 4.39 Å². The molecule has 0 radical (unpaired) electrons. The van der Waals surface area contributed by atoms with E-state index < -0.39 is 0 Å². The van der Waals surface area contributed by atoms with Gasteiger partial charge in [0.15, 0.2) is 0 Å². The lowest BCUT2D eigenvalue weighted by Crippen LogP contribution is -2.44. The highest BCUT2D eigenvalue weighted by Crippen LogP contribution is 2.32. The number of nitrogens with zero attached hydrogens (tertiary/aromatic N) is 4. The lowest BCUT2D eigenvalue weighted by Gasteiger charge is -2.34. The summed E-state index contributed by atoms with van der Waals surface area (Å²) in [7, 11) is 2.16. The number of hydrogen-bond donors (Lipinski definition) is 2. The number of benzene rings is 3. The van der Waals surface area contributed by atoms with Crippen molar-refractivity contribution >= 4 is 33.9 Å². The highest BCUT2D eigenvalue weighted by molar-refractivity contribution is 5.94. The smallest absolute Gasteiger partial charge is 0.227 e. The molecule has 0 bridgehead atoms. The van der Waals surface area contributed by atoms with E-state index in [0.29, 0.717) is 23.6 Å². The number of fused-ring (bicyclic) bond motifs is 1. The Morgan fingerprint density at radius 1 is 0.971 bits per heavy atom. The predicted molar refractivity (Wildman–Crippen MR) is 143 cm³/mol. The molecule has 0 aliphatic carbocycles. The van der Waals surface area contributed by atoms with E-state index in [2.05, 4.69) is 51.2 Å². The van der Waals surface area contributed by atoms with Crippen molar-refractivity contribution in [1.29, 1.82) is 0 Å². The van der Waals surface area contributed by atoms with Crippen molar-refractivity contribution in [3.05, 3.63) is 85.3 Å². The Labute approximate surface area is 205 Å². The maximum absolute atomic E-state index is 14.9. The van der Waals surface area contributed by atoms with Crippen molar-refractivity contribution in [2.24, 2.45) is 0 Å². The van der Waals surface area contributed by atoms with Crippen LogP contribution in [-0.2, 0) is 0 Å². The van der Waals surface area contributed by atoms with Gasteiger partial charge in [-0.15, -0.1) is 6.58 Å². The maximum atomic E-state index is 14.9. The molecule has 1 aromatic heterocycles. The fourth-order valence-corrected chi connectivity index (χ4v) is 4.31. The Morgan fingerprint density at radius 3 is 2.51 bits per heavy atom. The van der Waals surface area contributed by atoms with Gasteiger partial charge >= 0.3 is 0 Å². The molecule has 7 heteroatoms. The van der Waals surface area contributed by atoms with Gasteiger partial charge in [-0.3, -0.25) is 0 Å². The van der Waals surface area contributed by atoms with E-state index in [1.54, 1.807) is 24.4 Å². The van der Waals surface area contributed by atoms with E-state index in [4.69, 9.17) is 4.98 Å². The number of para-hydroxylation sites is 1. The van der Waals surface area contributed by atoms with Gasteiger partial charge in [0, 0.05) is 72.5 Å². The van der Waals surface area contributed by atoms with Gasteiger partial charge in [0.25, 0.3) is 0 Å². The standard InChI is InChI=1S/C28H29FN6/c1-3-13-30-22-9-12-26(29)25(18-22)24-6-4-5-20-19-31-28(33-27(20)24)32-21-7-10-23(11-8-21)35-16-14-34(2)15-17-35/h3-12,18-19,30H,1,13-17H2,2H3,(H,31,32,33). The molecule has 1 saturated heterocycles. The van der Waals surface area contributed by atoms with Crippen molar-refractivity contribution in [3.63, 3.8) is 0 Å². The Bertz CT molecular complexity index is 1330. The SMILES string of the molecule is C=CCNc1ccc(F)c(-c2cccc3cnc(Nc4ccc(N5CCN(C)CC5)cc4)nc23)c1. The second kappa shape index (κ2) is 10.1. The lowest BCUT2D eigenvalue weighted by molar-refractivity contribution is 0.313. The second-order valence-electron chi connectivity index (χ2n) is 8.76. The molecule has 1 aliphatic rings. The quantitative estimate of drug-likeness (QED) is 0.348. The van der Waals surface area contributed by atoms with Crippen molar-refractivity contribution in [3.8, 4) is 11.1 Å². The number of aromatic nitrogens is 2. The second-order valence-corrected chi connectivity index (χ2v) is 8.76. The van der Waals surface area contributed by atoms with Crippen LogP contribution in [0.3, 0.4) is 0 Å². The zero-order valence-corrected chi connectivity index (χ0v) is 19.8. The summed E-state index contributed by atoms with van der Waals surface area (Å²) < 4.78 is 14.9. The summed E-state index contributed by atoms with van der Waals surface area (Å²) in [5.74, 6) is 0.174. The number of likely N-dealkylation sites (N-methyl/N-ethyl adjacent to an activating group) is 1. The first-order valence-corrected chi connectivity index (χ1v) is 11.8. The highest BCUT2D eigenvalue weighted by atomic mass is 19.1. The van der Waals surface area contributed by atoms with Crippen LogP contribution in [0.5, 0.6) is 0 Å². The molecule has 0 saturated carbocycles. The molecule has 0 atom stereocenters. The van der Waals surface area contributed by atoms with Gasteiger partial charge < -0.3 is 20.4 Å². The molecular weight excluding hydrogens is 439 g/mol. The minimum atomic E-state index is -0.297. The minimum Gasteiger partial charge on any atom is -0.382 e. The summed E-state index contributed by atoms with van der Waals surface area (Å²) in [6, 6.07) is 19.1. The van der Waals surface area contributed by atoms with Crippen LogP contribution in [0.2, 0.25) is 0 Å². The fourth-order valence-electron chi connectivity index (χ4n) is 4.31. The number of halogens is 1. The van der Waals surface area contributed by atoms with Crippen LogP contribution in [0, 0.1) is 5.82 Å². The third-order valence-electron chi connectivity index (χ3n) is 6.31. The first-order valence-electron chi connectivity index (χ1n) is 11.8. The van der Waals surface area contributed by atoms with Gasteiger partial charge in [-0.1, -0.05) is 24.3 Å². The first kappa shape index (κ1) is 22.8. The van der Waals surface area contributed by atoms with Crippen LogP contribution in [0.25, 0.3) is 22.0 Å². The monoisotopic (exact) mass is 468 g/mol. The van der Waals surface area contributed by atoms with Gasteiger partial charge in [0.1, 0.15) is 5.82 Å². The van der Waals surface area contributed by atoms with Gasteiger partial charge in [0.05, 0.1) is 5.52 Å². The Morgan fingerprint density at radius 2 is 1.74 bits per heavy atom. The van der Waals surface area contributed by atoms with E-state index in [-0.39, 0.29) is 5.82 Å². The van der Waals surface area contributed by atoms with Crippen molar-refractivity contribution in [2.75, 3.05) is 55.3 Å². The maximum Gasteiger partial charge on any atom is 0.227 e. The van der Waals surface area contributed by atoms with Crippen molar-refractivity contribution in [2.45, 2.75) is 0 Å².